The zero-order valence-electron chi connectivity index (χ0n) is 12.4. The Morgan fingerprint density at radius 1 is 1.10 bits per heavy atom. The van der Waals surface area contributed by atoms with Gasteiger partial charge >= 0.3 is 0 Å². The highest BCUT2D eigenvalue weighted by Crippen LogP contribution is 2.61. The van der Waals surface area contributed by atoms with E-state index in [1.54, 1.807) is 0 Å². The van der Waals surface area contributed by atoms with Crippen LogP contribution in [0.25, 0.3) is 21.8 Å². The predicted octanol–water partition coefficient (Wildman–Crippen LogP) is 4.47. The van der Waals surface area contributed by atoms with E-state index in [-0.39, 0.29) is 0 Å². The molecule has 21 heavy (non-hydrogen) atoms. The third-order valence-electron chi connectivity index (χ3n) is 5.94. The van der Waals surface area contributed by atoms with Crippen molar-refractivity contribution < 1.29 is 0 Å². The molecule has 0 saturated heterocycles. The number of hydrogen-bond acceptors (Lipinski definition) is 2. The molecule has 1 aromatic carbocycles. The Bertz CT molecular complexity index is 895. The Balaban J connectivity index is 1.85. The largest absolute Gasteiger partial charge is 0.254 e. The van der Waals surface area contributed by atoms with Gasteiger partial charge in [-0.15, -0.1) is 0 Å². The van der Waals surface area contributed by atoms with Crippen LogP contribution < -0.4 is 0 Å². The number of benzene rings is 1. The molecule has 1 fully saturated rings. The molecule has 1 saturated carbocycles. The molecule has 0 unspecified atom stereocenters. The average molecular weight is 274 g/mol. The van der Waals surface area contributed by atoms with Crippen LogP contribution in [0.1, 0.15) is 37.4 Å². The highest BCUT2D eigenvalue weighted by molar-refractivity contribution is 6.02. The summed E-state index contributed by atoms with van der Waals surface area (Å²) in [6.45, 7) is 4.81. The van der Waals surface area contributed by atoms with E-state index in [9.17, 15) is 0 Å². The molecule has 0 spiro atoms. The van der Waals surface area contributed by atoms with Crippen LogP contribution in [0, 0.1) is 11.3 Å². The number of aromatic nitrogens is 2. The fourth-order valence-corrected chi connectivity index (χ4v) is 4.39. The summed E-state index contributed by atoms with van der Waals surface area (Å²) in [6.07, 6.45) is 4.38. The van der Waals surface area contributed by atoms with Crippen molar-refractivity contribution in [2.75, 3.05) is 0 Å². The van der Waals surface area contributed by atoms with Crippen LogP contribution in [0.2, 0.25) is 0 Å². The topological polar surface area (TPSA) is 25.8 Å². The Labute approximate surface area is 124 Å². The van der Waals surface area contributed by atoms with Gasteiger partial charge in [0.25, 0.3) is 0 Å². The Morgan fingerprint density at radius 2 is 1.95 bits per heavy atom. The first-order valence-corrected chi connectivity index (χ1v) is 7.82. The second-order valence-corrected chi connectivity index (χ2v) is 7.26. The van der Waals surface area contributed by atoms with Gasteiger partial charge in [0.05, 0.1) is 11.0 Å². The summed E-state index contributed by atoms with van der Waals surface area (Å²) in [7, 11) is 0. The summed E-state index contributed by atoms with van der Waals surface area (Å²) in [5, 5.41) is 2.41. The molecule has 2 nitrogen and oxygen atoms in total. The SMILES string of the molecule is CC1(C)[C@H]2Cc3cc4ccc5cccnc5c4nc3[C@@H]1C2. The van der Waals surface area contributed by atoms with Crippen LogP contribution in [0.4, 0.5) is 0 Å². The molecule has 2 heteroatoms. The lowest BCUT2D eigenvalue weighted by atomic mass is 9.48. The van der Waals surface area contributed by atoms with Gasteiger partial charge in [-0.2, -0.15) is 0 Å². The summed E-state index contributed by atoms with van der Waals surface area (Å²) in [5.74, 6) is 1.47. The van der Waals surface area contributed by atoms with Gasteiger partial charge in [-0.25, -0.2) is 4.98 Å². The second kappa shape index (κ2) is 3.62. The molecule has 104 valence electrons. The molecule has 0 aliphatic heterocycles. The zero-order chi connectivity index (χ0) is 14.2. The molecular weight excluding hydrogens is 256 g/mol. The van der Waals surface area contributed by atoms with E-state index in [2.05, 4.69) is 43.1 Å². The molecule has 2 heterocycles. The third-order valence-corrected chi connectivity index (χ3v) is 5.94. The van der Waals surface area contributed by atoms with Crippen LogP contribution in [0.5, 0.6) is 0 Å². The van der Waals surface area contributed by atoms with E-state index in [1.807, 2.05) is 12.3 Å². The van der Waals surface area contributed by atoms with Crippen LogP contribution >= 0.6 is 0 Å². The molecule has 0 amide bonds. The van der Waals surface area contributed by atoms with Crippen LogP contribution in [-0.4, -0.2) is 9.97 Å². The minimum Gasteiger partial charge on any atom is -0.254 e. The van der Waals surface area contributed by atoms with E-state index in [0.29, 0.717) is 11.3 Å². The third kappa shape index (κ3) is 1.38. The maximum Gasteiger partial charge on any atom is 0.0968 e. The van der Waals surface area contributed by atoms with Crippen LogP contribution in [0.15, 0.2) is 36.5 Å². The molecule has 3 aliphatic carbocycles. The maximum absolute atomic E-state index is 5.10. The molecule has 0 radical (unpaired) electrons. The summed E-state index contributed by atoms with van der Waals surface area (Å²) in [4.78, 5) is 9.67. The van der Waals surface area contributed by atoms with Crippen molar-refractivity contribution in [1.82, 2.24) is 9.97 Å². The Kier molecular flexibility index (Phi) is 2.01. The normalized spacial score (nSPS) is 25.6. The number of hydrogen-bond donors (Lipinski definition) is 0. The van der Waals surface area contributed by atoms with Crippen molar-refractivity contribution in [1.29, 1.82) is 0 Å². The first-order valence-electron chi connectivity index (χ1n) is 7.82. The lowest BCUT2D eigenvalue weighted by molar-refractivity contribution is 0.0158. The van der Waals surface area contributed by atoms with E-state index in [1.165, 1.54) is 34.9 Å². The molecule has 2 atom stereocenters. The van der Waals surface area contributed by atoms with Gasteiger partial charge in [0.1, 0.15) is 0 Å². The number of fused-ring (bicyclic) bond motifs is 3. The van der Waals surface area contributed by atoms with Crippen molar-refractivity contribution in [3.8, 4) is 0 Å². The van der Waals surface area contributed by atoms with E-state index in [4.69, 9.17) is 4.98 Å². The minimum absolute atomic E-state index is 0.422. The molecule has 3 aromatic rings. The molecule has 3 aliphatic rings. The number of rotatable bonds is 0. The lowest BCUT2D eigenvalue weighted by Gasteiger charge is -2.56. The first kappa shape index (κ1) is 11.7. The van der Waals surface area contributed by atoms with Crippen LogP contribution in [0.3, 0.4) is 0 Å². The van der Waals surface area contributed by atoms with Crippen molar-refractivity contribution in [2.24, 2.45) is 11.3 Å². The van der Waals surface area contributed by atoms with E-state index < -0.39 is 0 Å². The zero-order valence-corrected chi connectivity index (χ0v) is 12.4. The monoisotopic (exact) mass is 274 g/mol. The van der Waals surface area contributed by atoms with Gasteiger partial charge < -0.3 is 0 Å². The Hall–Kier alpha value is -1.96. The van der Waals surface area contributed by atoms with Gasteiger partial charge in [0.15, 0.2) is 0 Å². The smallest absolute Gasteiger partial charge is 0.0968 e. The Morgan fingerprint density at radius 3 is 2.81 bits per heavy atom. The summed E-state index contributed by atoms with van der Waals surface area (Å²) < 4.78 is 0. The first-order chi connectivity index (χ1) is 10.1. The van der Waals surface area contributed by atoms with Gasteiger partial charge in [0, 0.05) is 28.6 Å². The predicted molar refractivity (Wildman–Crippen MR) is 85.4 cm³/mol. The highest BCUT2D eigenvalue weighted by Gasteiger charge is 2.53. The van der Waals surface area contributed by atoms with Gasteiger partial charge in [-0.3, -0.25) is 4.98 Å². The van der Waals surface area contributed by atoms with Gasteiger partial charge in [-0.1, -0.05) is 32.0 Å². The van der Waals surface area contributed by atoms with Crippen molar-refractivity contribution in [2.45, 2.75) is 32.6 Å². The van der Waals surface area contributed by atoms with Crippen molar-refractivity contribution in [3.05, 3.63) is 47.8 Å². The molecule has 0 N–H and O–H groups in total. The number of pyridine rings is 2. The average Bonchev–Trinajstić information content (AvgIpc) is 2.52. The second-order valence-electron chi connectivity index (χ2n) is 7.26. The molecular formula is C19H18N2. The van der Waals surface area contributed by atoms with Crippen molar-refractivity contribution >= 4 is 21.8 Å². The fourth-order valence-electron chi connectivity index (χ4n) is 4.39. The van der Waals surface area contributed by atoms with Crippen molar-refractivity contribution in [3.63, 3.8) is 0 Å². The molecule has 2 bridgehead atoms. The summed E-state index contributed by atoms with van der Waals surface area (Å²) in [6, 6.07) is 10.8. The summed E-state index contributed by atoms with van der Waals surface area (Å²) in [5.41, 5.74) is 5.35. The molecule has 2 aromatic heterocycles. The van der Waals surface area contributed by atoms with Crippen LogP contribution in [-0.2, 0) is 6.42 Å². The lowest BCUT2D eigenvalue weighted by Crippen LogP contribution is -2.48. The summed E-state index contributed by atoms with van der Waals surface area (Å²) >= 11 is 0. The van der Waals surface area contributed by atoms with Gasteiger partial charge in [0.2, 0.25) is 0 Å². The van der Waals surface area contributed by atoms with Gasteiger partial charge in [-0.05, 0) is 41.9 Å². The quantitative estimate of drug-likeness (QED) is 0.565. The molecule has 6 rings (SSSR count). The minimum atomic E-state index is 0.422. The standard InChI is InChI=1S/C19H18N2/c1-19(2)14-9-13-8-12-6-5-11-4-3-7-20-17(11)18(12)21-16(13)15(19)10-14/h3-8,14-15H,9-10H2,1-2H3/t14-,15-/m0/s1. The number of nitrogens with zero attached hydrogens (tertiary/aromatic N) is 2. The fraction of sp³-hybridized carbons (Fsp3) is 0.368. The highest BCUT2D eigenvalue weighted by atomic mass is 14.8. The van der Waals surface area contributed by atoms with E-state index in [0.717, 1.165) is 17.0 Å². The maximum atomic E-state index is 5.10. The van der Waals surface area contributed by atoms with E-state index >= 15 is 0 Å².